The van der Waals surface area contributed by atoms with Crippen LogP contribution in [0, 0.1) is 13.8 Å². The summed E-state index contributed by atoms with van der Waals surface area (Å²) in [4.78, 5) is 22.8. The highest BCUT2D eigenvalue weighted by Crippen LogP contribution is 2.05. The van der Waals surface area contributed by atoms with E-state index in [-0.39, 0.29) is 18.0 Å². The van der Waals surface area contributed by atoms with Crippen LogP contribution in [0.3, 0.4) is 0 Å². The summed E-state index contributed by atoms with van der Waals surface area (Å²) in [5.74, 6) is 0.00268. The molecule has 0 amide bonds. The van der Waals surface area contributed by atoms with Crippen molar-refractivity contribution in [3.63, 3.8) is 0 Å². The number of aromatic nitrogens is 2. The number of thiazole rings is 1. The Hall–Kier alpha value is -1.89. The van der Waals surface area contributed by atoms with Gasteiger partial charge in [0.05, 0.1) is 5.69 Å². The number of hydrogen-bond acceptors (Lipinski definition) is 6. The number of carbonyl (C=O) groups excluding carboxylic acids is 1. The zero-order valence-corrected chi connectivity index (χ0v) is 10.8. The first-order valence-corrected chi connectivity index (χ1v) is 6.17. The Kier molecular flexibility index (Phi) is 3.61. The molecule has 0 fully saturated rings. The van der Waals surface area contributed by atoms with Crippen LogP contribution in [0.25, 0.3) is 0 Å². The Morgan fingerprint density at radius 2 is 2.33 bits per heavy atom. The third-order valence-electron chi connectivity index (χ3n) is 2.32. The first-order valence-electron chi connectivity index (χ1n) is 5.29. The molecule has 2 aromatic rings. The summed E-state index contributed by atoms with van der Waals surface area (Å²) in [6.07, 6.45) is 0. The van der Waals surface area contributed by atoms with E-state index in [4.69, 9.17) is 9.26 Å². The molecule has 0 bridgehead atoms. The number of carbonyl (C=O) groups is 1. The van der Waals surface area contributed by atoms with Crippen molar-refractivity contribution in [2.45, 2.75) is 27.0 Å². The van der Waals surface area contributed by atoms with Gasteiger partial charge < -0.3 is 9.26 Å². The van der Waals surface area contributed by atoms with Crippen molar-refractivity contribution in [2.24, 2.45) is 0 Å². The van der Waals surface area contributed by atoms with Gasteiger partial charge in [-0.2, -0.15) is 0 Å². The maximum Gasteiger partial charge on any atom is 0.326 e. The molecule has 7 heteroatoms. The molecule has 96 valence electrons. The molecule has 6 nitrogen and oxygen atoms in total. The van der Waals surface area contributed by atoms with Gasteiger partial charge in [0.1, 0.15) is 6.54 Å². The Morgan fingerprint density at radius 3 is 2.89 bits per heavy atom. The summed E-state index contributed by atoms with van der Waals surface area (Å²) in [5, 5.41) is 5.38. The van der Waals surface area contributed by atoms with Gasteiger partial charge in [0, 0.05) is 17.1 Å². The van der Waals surface area contributed by atoms with E-state index in [1.165, 1.54) is 4.57 Å². The Balaban J connectivity index is 1.92. The zero-order valence-electron chi connectivity index (χ0n) is 10.0. The maximum absolute atomic E-state index is 11.6. The number of hydrogen-bond donors (Lipinski definition) is 0. The highest BCUT2D eigenvalue weighted by atomic mass is 32.1. The van der Waals surface area contributed by atoms with Crippen molar-refractivity contribution < 1.29 is 14.1 Å². The zero-order chi connectivity index (χ0) is 13.1. The fourth-order valence-electron chi connectivity index (χ4n) is 1.41. The number of ether oxygens (including phenoxy) is 1. The lowest BCUT2D eigenvalue weighted by molar-refractivity contribution is -0.146. The normalized spacial score (nSPS) is 10.6. The van der Waals surface area contributed by atoms with Crippen LogP contribution in [0.15, 0.2) is 20.8 Å². The number of rotatable bonds is 4. The Labute approximate surface area is 107 Å². The van der Waals surface area contributed by atoms with Crippen molar-refractivity contribution in [3.8, 4) is 0 Å². The van der Waals surface area contributed by atoms with E-state index in [9.17, 15) is 9.59 Å². The van der Waals surface area contributed by atoms with Gasteiger partial charge in [0.15, 0.2) is 12.4 Å². The van der Waals surface area contributed by atoms with Crippen LogP contribution in [0.4, 0.5) is 0 Å². The average molecular weight is 268 g/mol. The molecule has 0 saturated carbocycles. The molecule has 2 heterocycles. The first-order chi connectivity index (χ1) is 8.56. The second-order valence-electron chi connectivity index (χ2n) is 3.82. The summed E-state index contributed by atoms with van der Waals surface area (Å²) < 4.78 is 11.3. The fraction of sp³-hybridized carbons (Fsp3) is 0.364. The van der Waals surface area contributed by atoms with E-state index in [0.717, 1.165) is 22.7 Å². The molecular formula is C11H12N2O4S. The topological polar surface area (TPSA) is 74.3 Å². The van der Waals surface area contributed by atoms with E-state index < -0.39 is 5.97 Å². The minimum Gasteiger partial charge on any atom is -0.456 e. The lowest BCUT2D eigenvalue weighted by atomic mass is 10.4. The van der Waals surface area contributed by atoms with E-state index in [1.807, 2.05) is 0 Å². The summed E-state index contributed by atoms with van der Waals surface area (Å²) in [6, 6.07) is 1.69. The molecule has 0 aromatic carbocycles. The lowest BCUT2D eigenvalue weighted by Gasteiger charge is -2.04. The van der Waals surface area contributed by atoms with Crippen molar-refractivity contribution in [1.82, 2.24) is 9.72 Å². The molecule has 2 aromatic heterocycles. The number of nitrogens with zero attached hydrogens (tertiary/aromatic N) is 2. The van der Waals surface area contributed by atoms with Gasteiger partial charge in [-0.05, 0) is 13.8 Å². The minimum absolute atomic E-state index is 0.0254. The Morgan fingerprint density at radius 1 is 1.56 bits per heavy atom. The van der Waals surface area contributed by atoms with Crippen LogP contribution in [0.5, 0.6) is 0 Å². The van der Waals surface area contributed by atoms with E-state index in [2.05, 4.69) is 5.16 Å². The second-order valence-corrected chi connectivity index (χ2v) is 4.65. The lowest BCUT2D eigenvalue weighted by Crippen LogP contribution is -2.22. The van der Waals surface area contributed by atoms with E-state index >= 15 is 0 Å². The molecule has 0 aliphatic heterocycles. The van der Waals surface area contributed by atoms with Gasteiger partial charge in [-0.15, -0.1) is 0 Å². The monoisotopic (exact) mass is 268 g/mol. The molecular weight excluding hydrogens is 256 g/mol. The van der Waals surface area contributed by atoms with Gasteiger partial charge in [-0.3, -0.25) is 14.2 Å². The van der Waals surface area contributed by atoms with Gasteiger partial charge in [0.25, 0.3) is 0 Å². The van der Waals surface area contributed by atoms with Gasteiger partial charge in [-0.1, -0.05) is 16.5 Å². The van der Waals surface area contributed by atoms with Crippen LogP contribution in [-0.2, 0) is 22.7 Å². The van der Waals surface area contributed by atoms with Crippen LogP contribution in [0.2, 0.25) is 0 Å². The first kappa shape index (κ1) is 12.6. The van der Waals surface area contributed by atoms with Crippen LogP contribution in [0.1, 0.15) is 17.1 Å². The Bertz CT molecular complexity index is 611. The highest BCUT2D eigenvalue weighted by Gasteiger charge is 2.10. The summed E-state index contributed by atoms with van der Waals surface area (Å²) >= 11 is 1.06. The van der Waals surface area contributed by atoms with E-state index in [0.29, 0.717) is 5.76 Å². The molecule has 2 rings (SSSR count). The van der Waals surface area contributed by atoms with Crippen LogP contribution >= 0.6 is 11.3 Å². The summed E-state index contributed by atoms with van der Waals surface area (Å²) in [5.41, 5.74) is 1.48. The fourth-order valence-corrected chi connectivity index (χ4v) is 2.14. The standard InChI is InChI=1S/C11H12N2O4S/c1-7-3-9(17-12-7)5-16-10(14)4-13-8(2)6-18-11(13)15/h3,6H,4-5H2,1-2H3. The van der Waals surface area contributed by atoms with Crippen LogP contribution < -0.4 is 4.87 Å². The predicted molar refractivity (Wildman–Crippen MR) is 64.4 cm³/mol. The molecule has 0 unspecified atom stereocenters. The summed E-state index contributed by atoms with van der Waals surface area (Å²) in [6.45, 7) is 3.49. The molecule has 0 radical (unpaired) electrons. The molecule has 0 spiro atoms. The second kappa shape index (κ2) is 5.18. The van der Waals surface area contributed by atoms with E-state index in [1.54, 1.807) is 25.3 Å². The SMILES string of the molecule is Cc1cc(COC(=O)Cn2c(C)csc2=O)on1. The van der Waals surface area contributed by atoms with Gasteiger partial charge in [-0.25, -0.2) is 0 Å². The molecule has 0 N–H and O–H groups in total. The summed E-state index contributed by atoms with van der Waals surface area (Å²) in [7, 11) is 0. The third kappa shape index (κ3) is 2.86. The van der Waals surface area contributed by atoms with Crippen molar-refractivity contribution in [1.29, 1.82) is 0 Å². The smallest absolute Gasteiger partial charge is 0.326 e. The van der Waals surface area contributed by atoms with Gasteiger partial charge in [0.2, 0.25) is 0 Å². The predicted octanol–water partition coefficient (Wildman–Crippen LogP) is 1.26. The highest BCUT2D eigenvalue weighted by molar-refractivity contribution is 7.07. The molecule has 0 atom stereocenters. The molecule has 0 saturated heterocycles. The molecule has 0 aliphatic rings. The van der Waals surface area contributed by atoms with Crippen LogP contribution in [-0.4, -0.2) is 15.7 Å². The maximum atomic E-state index is 11.6. The number of aryl methyl sites for hydroxylation is 2. The minimum atomic E-state index is -0.479. The van der Waals surface area contributed by atoms with Gasteiger partial charge >= 0.3 is 10.8 Å². The molecule has 18 heavy (non-hydrogen) atoms. The molecule has 0 aliphatic carbocycles. The third-order valence-corrected chi connectivity index (χ3v) is 3.20. The quantitative estimate of drug-likeness (QED) is 0.780. The van der Waals surface area contributed by atoms with Crippen molar-refractivity contribution in [2.75, 3.05) is 0 Å². The average Bonchev–Trinajstić information content (AvgIpc) is 2.87. The van der Waals surface area contributed by atoms with Crippen molar-refractivity contribution in [3.05, 3.63) is 38.3 Å². The largest absolute Gasteiger partial charge is 0.456 e. The number of esters is 1. The van der Waals surface area contributed by atoms with Crippen molar-refractivity contribution >= 4 is 17.3 Å².